The number of nitrogen functional groups attached to an aromatic ring is 1. The molecule has 3 N–H and O–H groups in total. The fraction of sp³-hybridized carbons (Fsp3) is 0.143. The van der Waals surface area contributed by atoms with E-state index in [0.717, 1.165) is 5.56 Å². The summed E-state index contributed by atoms with van der Waals surface area (Å²) in [5, 5.41) is 0. The van der Waals surface area contributed by atoms with Crippen molar-refractivity contribution in [1.29, 1.82) is 0 Å². The van der Waals surface area contributed by atoms with Crippen LogP contribution in [-0.2, 0) is 10.1 Å². The molecule has 0 heterocycles. The van der Waals surface area contributed by atoms with Gasteiger partial charge in [0.1, 0.15) is 0 Å². The molecule has 13 heavy (non-hydrogen) atoms. The van der Waals surface area contributed by atoms with Crippen LogP contribution in [0.3, 0.4) is 0 Å². The molecule has 0 aromatic heterocycles. The van der Waals surface area contributed by atoms with Gasteiger partial charge < -0.3 is 7.16 Å². The number of benzene rings is 1. The number of nitrogens with two attached hydrogens (primary N) is 1. The Morgan fingerprint density at radius 2 is 2.00 bits per heavy atom. The van der Waals surface area contributed by atoms with Crippen molar-refractivity contribution in [3.8, 4) is 0 Å². The second kappa shape index (κ2) is 4.43. The predicted molar refractivity (Wildman–Crippen MR) is 46.5 cm³/mol. The topological polar surface area (TPSA) is 80.4 Å². The molecule has 0 radical (unpaired) electrons. The number of rotatable bonds is 1. The Morgan fingerprint density at radius 1 is 1.46 bits per heavy atom. The standard InChI is InChI=1S/C7H9NO3S.Na.H/c1-5-2-3-6(4-7(5)8)12(9,10)11;;/h2-4H,8H2,1H3,(H,9,10,11);;/q;+1;-1. The third kappa shape index (κ3) is 3.28. The first-order chi connectivity index (χ1) is 5.41. The Hall–Kier alpha value is -0.0700. The zero-order valence-corrected chi connectivity index (χ0v) is 10.3. The van der Waals surface area contributed by atoms with Crippen LogP contribution in [0, 0.1) is 6.92 Å². The molecule has 0 saturated heterocycles. The van der Waals surface area contributed by atoms with Crippen molar-refractivity contribution in [2.24, 2.45) is 0 Å². The zero-order valence-electron chi connectivity index (χ0n) is 8.48. The predicted octanol–water partition coefficient (Wildman–Crippen LogP) is -2.06. The van der Waals surface area contributed by atoms with E-state index >= 15 is 0 Å². The fourth-order valence-electron chi connectivity index (χ4n) is 0.779. The molecule has 4 nitrogen and oxygen atoms in total. The molecular formula is C7H10NNaO3S. The van der Waals surface area contributed by atoms with E-state index in [-0.39, 0.29) is 35.9 Å². The first-order valence-corrected chi connectivity index (χ1v) is 4.69. The van der Waals surface area contributed by atoms with Crippen LogP contribution in [-0.4, -0.2) is 13.0 Å². The molecule has 6 heteroatoms. The van der Waals surface area contributed by atoms with Crippen molar-refractivity contribution in [3.05, 3.63) is 23.8 Å². The zero-order chi connectivity index (χ0) is 9.35. The number of aryl methyl sites for hydroxylation is 1. The minimum atomic E-state index is -4.12. The van der Waals surface area contributed by atoms with Crippen LogP contribution in [0.2, 0.25) is 0 Å². The molecule has 0 aliphatic heterocycles. The van der Waals surface area contributed by atoms with E-state index in [1.807, 2.05) is 0 Å². The average molecular weight is 211 g/mol. The van der Waals surface area contributed by atoms with Gasteiger partial charge in [0.2, 0.25) is 0 Å². The van der Waals surface area contributed by atoms with Crippen molar-refractivity contribution in [2.75, 3.05) is 5.73 Å². The summed E-state index contributed by atoms with van der Waals surface area (Å²) in [6, 6.07) is 4.07. The van der Waals surface area contributed by atoms with E-state index in [1.165, 1.54) is 12.1 Å². The van der Waals surface area contributed by atoms with Gasteiger partial charge in [-0.05, 0) is 24.6 Å². The number of anilines is 1. The Balaban J connectivity index is 0. The third-order valence-electron chi connectivity index (χ3n) is 1.55. The summed E-state index contributed by atoms with van der Waals surface area (Å²) in [6.07, 6.45) is 0. The molecule has 68 valence electrons. The van der Waals surface area contributed by atoms with Crippen molar-refractivity contribution < 1.29 is 44.0 Å². The summed E-state index contributed by atoms with van der Waals surface area (Å²) >= 11 is 0. The summed E-state index contributed by atoms with van der Waals surface area (Å²) in [5.41, 5.74) is 6.57. The smallest absolute Gasteiger partial charge is 1.00 e. The molecule has 0 unspecified atom stereocenters. The fourth-order valence-corrected chi connectivity index (χ4v) is 1.29. The Labute approximate surface area is 101 Å². The molecule has 0 saturated carbocycles. The van der Waals surface area contributed by atoms with E-state index < -0.39 is 10.1 Å². The summed E-state index contributed by atoms with van der Waals surface area (Å²) in [7, 11) is -4.12. The van der Waals surface area contributed by atoms with Crippen LogP contribution in [0.1, 0.15) is 6.99 Å². The molecular weight excluding hydrogens is 201 g/mol. The third-order valence-corrected chi connectivity index (χ3v) is 2.40. The van der Waals surface area contributed by atoms with Gasteiger partial charge in [0.15, 0.2) is 0 Å². The van der Waals surface area contributed by atoms with Gasteiger partial charge in [-0.15, -0.1) is 0 Å². The summed E-state index contributed by atoms with van der Waals surface area (Å²) in [6.45, 7) is 1.75. The van der Waals surface area contributed by atoms with Crippen molar-refractivity contribution >= 4 is 15.8 Å². The van der Waals surface area contributed by atoms with Gasteiger partial charge in [0.05, 0.1) is 4.90 Å². The second-order valence-electron chi connectivity index (χ2n) is 2.49. The molecule has 0 amide bonds. The molecule has 0 aliphatic rings. The first kappa shape index (κ1) is 12.9. The summed E-state index contributed by atoms with van der Waals surface area (Å²) < 4.78 is 29.8. The Bertz CT molecular complexity index is 407. The van der Waals surface area contributed by atoms with Crippen molar-refractivity contribution in [3.63, 3.8) is 0 Å². The summed E-state index contributed by atoms with van der Waals surface area (Å²) in [5.74, 6) is 0. The van der Waals surface area contributed by atoms with Gasteiger partial charge in [-0.25, -0.2) is 0 Å². The van der Waals surface area contributed by atoms with Crippen LogP contribution in [0.15, 0.2) is 23.1 Å². The van der Waals surface area contributed by atoms with Crippen molar-refractivity contribution in [2.45, 2.75) is 11.8 Å². The van der Waals surface area contributed by atoms with E-state index in [0.29, 0.717) is 5.69 Å². The van der Waals surface area contributed by atoms with Gasteiger partial charge in [0, 0.05) is 5.69 Å². The minimum Gasteiger partial charge on any atom is -1.00 e. The maximum absolute atomic E-state index is 10.6. The van der Waals surface area contributed by atoms with Crippen LogP contribution >= 0.6 is 0 Å². The monoisotopic (exact) mass is 211 g/mol. The SMILES string of the molecule is Cc1ccc(S(=O)(=O)O)cc1N.[H-].[Na+]. The average Bonchev–Trinajstić information content (AvgIpc) is 1.92. The molecule has 0 bridgehead atoms. The van der Waals surface area contributed by atoms with Gasteiger partial charge in [-0.1, -0.05) is 6.07 Å². The Kier molecular flexibility index (Phi) is 4.41. The van der Waals surface area contributed by atoms with Crippen LogP contribution in [0.5, 0.6) is 0 Å². The number of hydrogen-bond acceptors (Lipinski definition) is 3. The largest absolute Gasteiger partial charge is 1.00 e. The van der Waals surface area contributed by atoms with E-state index in [2.05, 4.69) is 0 Å². The number of hydrogen-bond donors (Lipinski definition) is 2. The van der Waals surface area contributed by atoms with Gasteiger partial charge in [-0.3, -0.25) is 4.55 Å². The molecule has 0 aliphatic carbocycles. The molecule has 1 aromatic carbocycles. The molecule has 1 rings (SSSR count). The maximum atomic E-state index is 10.6. The molecule has 1 aromatic rings. The van der Waals surface area contributed by atoms with Crippen LogP contribution in [0.25, 0.3) is 0 Å². The normalized spacial score (nSPS) is 10.6. The van der Waals surface area contributed by atoms with E-state index in [1.54, 1.807) is 13.0 Å². The summed E-state index contributed by atoms with van der Waals surface area (Å²) in [4.78, 5) is -0.175. The van der Waals surface area contributed by atoms with E-state index in [4.69, 9.17) is 10.3 Å². The van der Waals surface area contributed by atoms with Gasteiger partial charge >= 0.3 is 29.6 Å². The van der Waals surface area contributed by atoms with E-state index in [9.17, 15) is 8.42 Å². The molecule has 0 atom stereocenters. The second-order valence-corrected chi connectivity index (χ2v) is 3.91. The molecule has 0 spiro atoms. The minimum absolute atomic E-state index is 0. The van der Waals surface area contributed by atoms with Gasteiger partial charge in [-0.2, -0.15) is 8.42 Å². The first-order valence-electron chi connectivity index (χ1n) is 3.25. The Morgan fingerprint density at radius 3 is 2.38 bits per heavy atom. The molecule has 0 fully saturated rings. The quantitative estimate of drug-likeness (QED) is 0.318. The van der Waals surface area contributed by atoms with Crippen LogP contribution < -0.4 is 35.3 Å². The van der Waals surface area contributed by atoms with Gasteiger partial charge in [0.25, 0.3) is 10.1 Å². The van der Waals surface area contributed by atoms with Crippen LogP contribution in [0.4, 0.5) is 5.69 Å². The maximum Gasteiger partial charge on any atom is 1.00 e. The van der Waals surface area contributed by atoms with Crippen molar-refractivity contribution in [1.82, 2.24) is 0 Å².